The number of oxime groups is 1. The van der Waals surface area contributed by atoms with Crippen molar-refractivity contribution in [3.63, 3.8) is 0 Å². The van der Waals surface area contributed by atoms with E-state index in [-0.39, 0.29) is 17.3 Å². The van der Waals surface area contributed by atoms with Gasteiger partial charge in [0, 0.05) is 25.6 Å². The number of aromatic nitrogens is 1. The Hall–Kier alpha value is -2.44. The largest absolute Gasteiger partial charge is 0.388 e. The summed E-state index contributed by atoms with van der Waals surface area (Å²) in [6.45, 7) is 4.38. The van der Waals surface area contributed by atoms with Crippen molar-refractivity contribution in [1.29, 1.82) is 0 Å². The number of amides is 1. The molecule has 0 radical (unpaired) electrons. The third-order valence-electron chi connectivity index (χ3n) is 5.53. The van der Waals surface area contributed by atoms with Crippen LogP contribution in [-0.4, -0.2) is 40.6 Å². The molecule has 0 saturated heterocycles. The van der Waals surface area contributed by atoms with Crippen LogP contribution in [0.2, 0.25) is 0 Å². The predicted molar refractivity (Wildman–Crippen MR) is 103 cm³/mol. The molecule has 2 N–H and O–H groups in total. The highest BCUT2D eigenvalue weighted by molar-refractivity contribution is 6.39. The van der Waals surface area contributed by atoms with Crippen molar-refractivity contribution in [3.8, 4) is 0 Å². The van der Waals surface area contributed by atoms with Crippen LogP contribution in [-0.2, 0) is 14.4 Å². The van der Waals surface area contributed by atoms with E-state index in [0.717, 1.165) is 38.0 Å². The van der Waals surface area contributed by atoms with Crippen molar-refractivity contribution < 1.29 is 14.4 Å². The molecule has 1 saturated carbocycles. The van der Waals surface area contributed by atoms with Gasteiger partial charge in [-0.25, -0.2) is 4.98 Å². The van der Waals surface area contributed by atoms with E-state index in [1.54, 1.807) is 20.0 Å². The number of nitrogens with one attached hydrogen (secondary N) is 2. The van der Waals surface area contributed by atoms with Crippen LogP contribution in [0.1, 0.15) is 52.4 Å². The fourth-order valence-corrected chi connectivity index (χ4v) is 3.70. The average Bonchev–Trinajstić information content (AvgIpc) is 3.11. The van der Waals surface area contributed by atoms with Crippen molar-refractivity contribution in [3.05, 3.63) is 24.4 Å². The second kappa shape index (κ2) is 8.50. The summed E-state index contributed by atoms with van der Waals surface area (Å²) in [6, 6.07) is 5.35. The lowest BCUT2D eigenvalue weighted by Crippen LogP contribution is -2.43. The molecule has 27 heavy (non-hydrogen) atoms. The normalized spacial score (nSPS) is 25.4. The minimum absolute atomic E-state index is 0.0125. The smallest absolute Gasteiger partial charge is 0.269 e. The summed E-state index contributed by atoms with van der Waals surface area (Å²) in [5.74, 6) is 1.17. The van der Waals surface area contributed by atoms with Crippen LogP contribution in [0.5, 0.6) is 0 Å². The highest BCUT2D eigenvalue weighted by atomic mass is 16.7. The average molecular weight is 372 g/mol. The molecule has 7 heteroatoms. The molecule has 2 aliphatic rings. The van der Waals surface area contributed by atoms with Gasteiger partial charge in [-0.2, -0.15) is 0 Å². The first-order chi connectivity index (χ1) is 13.0. The lowest BCUT2D eigenvalue weighted by atomic mass is 9.76. The van der Waals surface area contributed by atoms with Crippen LogP contribution in [0.3, 0.4) is 0 Å². The van der Waals surface area contributed by atoms with Gasteiger partial charge in [-0.3, -0.25) is 9.59 Å². The summed E-state index contributed by atoms with van der Waals surface area (Å²) >= 11 is 0. The predicted octanol–water partition coefficient (Wildman–Crippen LogP) is 2.68. The van der Waals surface area contributed by atoms with Gasteiger partial charge in [0.15, 0.2) is 5.78 Å². The van der Waals surface area contributed by atoms with Gasteiger partial charge < -0.3 is 15.5 Å². The molecule has 1 spiro atoms. The number of ketones is 1. The molecular weight excluding hydrogens is 344 g/mol. The fraction of sp³-hybridized carbons (Fsp3) is 0.600. The van der Waals surface area contributed by atoms with Crippen molar-refractivity contribution in [2.75, 3.05) is 11.9 Å². The number of pyridine rings is 1. The third-order valence-corrected chi connectivity index (χ3v) is 5.53. The maximum Gasteiger partial charge on any atom is 0.269 e. The molecule has 1 aromatic rings. The summed E-state index contributed by atoms with van der Waals surface area (Å²) in [5, 5.41) is 10.1. The molecular formula is C20H28N4O3. The Bertz CT molecular complexity index is 696. The van der Waals surface area contributed by atoms with Crippen molar-refractivity contribution in [2.45, 2.75) is 64.0 Å². The number of hydrogen-bond donors (Lipinski definition) is 2. The molecule has 146 valence electrons. The summed E-state index contributed by atoms with van der Waals surface area (Å²) in [6.07, 6.45) is 6.51. The minimum atomic E-state index is -0.491. The summed E-state index contributed by atoms with van der Waals surface area (Å²) in [4.78, 5) is 34.0. The SMILES string of the molecule is CCC(=O)[C@@H](C)NC(=O)C1=NOC2(CCC(CNc3ccccn3)CC2)C1. The Morgan fingerprint density at radius 1 is 1.33 bits per heavy atom. The van der Waals surface area contributed by atoms with Gasteiger partial charge in [-0.1, -0.05) is 18.1 Å². The zero-order chi connectivity index (χ0) is 19.3. The number of hydrogen-bond acceptors (Lipinski definition) is 6. The van der Waals surface area contributed by atoms with E-state index in [2.05, 4.69) is 20.8 Å². The van der Waals surface area contributed by atoms with Gasteiger partial charge in [-0.15, -0.1) is 0 Å². The first kappa shape index (κ1) is 19.3. The summed E-state index contributed by atoms with van der Waals surface area (Å²) in [5.41, 5.74) is 0.0439. The molecule has 1 atom stereocenters. The Labute approximate surface area is 159 Å². The monoisotopic (exact) mass is 372 g/mol. The fourth-order valence-electron chi connectivity index (χ4n) is 3.70. The third kappa shape index (κ3) is 4.84. The molecule has 7 nitrogen and oxygen atoms in total. The van der Waals surface area contributed by atoms with Crippen LogP contribution < -0.4 is 10.6 Å². The number of anilines is 1. The van der Waals surface area contributed by atoms with Crippen LogP contribution in [0, 0.1) is 5.92 Å². The Morgan fingerprint density at radius 2 is 2.11 bits per heavy atom. The minimum Gasteiger partial charge on any atom is -0.388 e. The highest BCUT2D eigenvalue weighted by Gasteiger charge is 2.44. The zero-order valence-corrected chi connectivity index (χ0v) is 16.0. The molecule has 1 aliphatic carbocycles. The molecule has 0 unspecified atom stereocenters. The Kier molecular flexibility index (Phi) is 6.08. The van der Waals surface area contributed by atoms with Gasteiger partial charge in [0.2, 0.25) is 0 Å². The molecule has 2 heterocycles. The van der Waals surface area contributed by atoms with Crippen LogP contribution in [0.25, 0.3) is 0 Å². The number of rotatable bonds is 7. The topological polar surface area (TPSA) is 92.7 Å². The summed E-state index contributed by atoms with van der Waals surface area (Å²) in [7, 11) is 0. The first-order valence-corrected chi connectivity index (χ1v) is 9.75. The molecule has 1 fully saturated rings. The van der Waals surface area contributed by atoms with E-state index in [4.69, 9.17) is 4.84 Å². The second-order valence-electron chi connectivity index (χ2n) is 7.54. The standard InChI is InChI=1S/C20H28N4O3/c1-3-17(25)14(2)23-19(26)16-12-20(27-24-16)9-7-15(8-10-20)13-22-18-6-4-5-11-21-18/h4-6,11,14-15H,3,7-10,12-13H2,1-2H3,(H,21,22)(H,23,26)/t14-,15?,20?/m1/s1. The first-order valence-electron chi connectivity index (χ1n) is 9.75. The Morgan fingerprint density at radius 3 is 2.78 bits per heavy atom. The molecule has 0 aromatic carbocycles. The number of carbonyl (C=O) groups is 2. The zero-order valence-electron chi connectivity index (χ0n) is 16.0. The van der Waals surface area contributed by atoms with Gasteiger partial charge in [0.25, 0.3) is 5.91 Å². The quantitative estimate of drug-likeness (QED) is 0.768. The van der Waals surface area contributed by atoms with E-state index < -0.39 is 6.04 Å². The maximum absolute atomic E-state index is 12.3. The lowest BCUT2D eigenvalue weighted by molar-refractivity contribution is -0.124. The van der Waals surface area contributed by atoms with E-state index in [9.17, 15) is 9.59 Å². The van der Waals surface area contributed by atoms with Crippen LogP contribution >= 0.6 is 0 Å². The number of Topliss-reactive ketones (excluding diaryl/α,β-unsaturated/α-hetero) is 1. The van der Waals surface area contributed by atoms with E-state index in [1.165, 1.54) is 0 Å². The van der Waals surface area contributed by atoms with E-state index in [1.807, 2.05) is 18.2 Å². The highest BCUT2D eigenvalue weighted by Crippen LogP contribution is 2.40. The van der Waals surface area contributed by atoms with Crippen molar-refractivity contribution in [1.82, 2.24) is 10.3 Å². The van der Waals surface area contributed by atoms with Crippen LogP contribution in [0.15, 0.2) is 29.6 Å². The Balaban J connectivity index is 1.44. The van der Waals surface area contributed by atoms with Crippen molar-refractivity contribution >= 4 is 23.2 Å². The van der Waals surface area contributed by atoms with E-state index in [0.29, 0.717) is 24.5 Å². The molecule has 1 aromatic heterocycles. The second-order valence-corrected chi connectivity index (χ2v) is 7.54. The molecule has 1 amide bonds. The van der Waals surface area contributed by atoms with Gasteiger partial charge in [0.1, 0.15) is 17.1 Å². The summed E-state index contributed by atoms with van der Waals surface area (Å²) < 4.78 is 0. The maximum atomic E-state index is 12.3. The van der Waals surface area contributed by atoms with Gasteiger partial charge in [-0.05, 0) is 50.7 Å². The molecule has 0 bridgehead atoms. The van der Waals surface area contributed by atoms with Crippen molar-refractivity contribution in [2.24, 2.45) is 11.1 Å². The van der Waals surface area contributed by atoms with Gasteiger partial charge >= 0.3 is 0 Å². The molecule has 3 rings (SSSR count). The lowest BCUT2D eigenvalue weighted by Gasteiger charge is -2.35. The van der Waals surface area contributed by atoms with E-state index >= 15 is 0 Å². The number of carbonyl (C=O) groups excluding carboxylic acids is 2. The van der Waals surface area contributed by atoms with Gasteiger partial charge in [0.05, 0.1) is 6.04 Å². The van der Waals surface area contributed by atoms with Crippen LogP contribution in [0.4, 0.5) is 5.82 Å². The molecule has 1 aliphatic heterocycles. The number of nitrogens with zero attached hydrogens (tertiary/aromatic N) is 2.